The largest absolute Gasteiger partial charge is 0.390 e. The molecule has 20 heavy (non-hydrogen) atoms. The minimum Gasteiger partial charge on any atom is -0.390 e. The van der Waals surface area contributed by atoms with Crippen LogP contribution in [0, 0.1) is 5.41 Å². The van der Waals surface area contributed by atoms with Crippen LogP contribution in [-0.4, -0.2) is 10.7 Å². The van der Waals surface area contributed by atoms with Crippen LogP contribution in [0.15, 0.2) is 24.3 Å². The van der Waals surface area contributed by atoms with Gasteiger partial charge in [0.2, 0.25) is 0 Å². The van der Waals surface area contributed by atoms with Crippen molar-refractivity contribution in [1.29, 1.82) is 0 Å². The fourth-order valence-corrected chi connectivity index (χ4v) is 4.12. The molecule has 0 saturated heterocycles. The van der Waals surface area contributed by atoms with E-state index in [0.29, 0.717) is 11.3 Å². The first-order valence-corrected chi connectivity index (χ1v) is 8.28. The number of aliphatic hydroxyl groups is 1. The van der Waals surface area contributed by atoms with E-state index in [4.69, 9.17) is 0 Å². The molecule has 0 heterocycles. The Morgan fingerprint density at radius 2 is 1.80 bits per heavy atom. The Morgan fingerprint density at radius 1 is 1.10 bits per heavy atom. The van der Waals surface area contributed by atoms with Crippen molar-refractivity contribution in [3.63, 3.8) is 0 Å². The maximum atomic E-state index is 11.0. The van der Waals surface area contributed by atoms with Crippen LogP contribution >= 0.6 is 0 Å². The lowest BCUT2D eigenvalue weighted by molar-refractivity contribution is -0.0381. The van der Waals surface area contributed by atoms with Gasteiger partial charge in [-0.1, -0.05) is 38.1 Å². The van der Waals surface area contributed by atoms with Gasteiger partial charge in [-0.25, -0.2) is 0 Å². The summed E-state index contributed by atoms with van der Waals surface area (Å²) in [7, 11) is 0. The summed E-state index contributed by atoms with van der Waals surface area (Å²) < 4.78 is 0. The van der Waals surface area contributed by atoms with Crippen molar-refractivity contribution in [1.82, 2.24) is 0 Å². The molecule has 0 bridgehead atoms. The summed E-state index contributed by atoms with van der Waals surface area (Å²) in [6.07, 6.45) is 9.03. The lowest BCUT2D eigenvalue weighted by atomic mass is 9.66. The van der Waals surface area contributed by atoms with E-state index in [1.807, 2.05) is 0 Å². The summed E-state index contributed by atoms with van der Waals surface area (Å²) in [5.74, 6) is 0.575. The number of rotatable bonds is 2. The molecule has 0 aliphatic heterocycles. The second kappa shape index (κ2) is 5.18. The van der Waals surface area contributed by atoms with Crippen molar-refractivity contribution in [2.24, 2.45) is 5.41 Å². The van der Waals surface area contributed by atoms with Gasteiger partial charge in [0.1, 0.15) is 0 Å². The van der Waals surface area contributed by atoms with Gasteiger partial charge in [0.05, 0.1) is 5.60 Å². The first-order valence-electron chi connectivity index (χ1n) is 8.28. The number of aryl methyl sites for hydroxylation is 1. The molecule has 0 aromatic heterocycles. The molecular weight excluding hydrogens is 244 g/mol. The normalized spacial score (nSPS) is 27.9. The van der Waals surface area contributed by atoms with Gasteiger partial charge in [-0.2, -0.15) is 0 Å². The van der Waals surface area contributed by atoms with Gasteiger partial charge in [0.15, 0.2) is 0 Å². The van der Waals surface area contributed by atoms with Gasteiger partial charge >= 0.3 is 0 Å². The average Bonchev–Trinajstić information content (AvgIpc) is 2.43. The Hall–Kier alpha value is -0.820. The molecule has 2 aliphatic carbocycles. The SMILES string of the molecule is CC1(C)CCC(O)(CC2CCCc3ccccc32)CC1. The van der Waals surface area contributed by atoms with Crippen molar-refractivity contribution in [3.05, 3.63) is 35.4 Å². The Labute approximate surface area is 123 Å². The molecule has 2 aliphatic rings. The topological polar surface area (TPSA) is 20.2 Å². The monoisotopic (exact) mass is 272 g/mol. The summed E-state index contributed by atoms with van der Waals surface area (Å²) >= 11 is 0. The Morgan fingerprint density at radius 3 is 2.55 bits per heavy atom. The van der Waals surface area contributed by atoms with Gasteiger partial charge in [-0.3, -0.25) is 0 Å². The van der Waals surface area contributed by atoms with Crippen LogP contribution in [0.2, 0.25) is 0 Å². The minimum absolute atomic E-state index is 0.412. The van der Waals surface area contributed by atoms with Gasteiger partial charge in [0, 0.05) is 0 Å². The number of hydrogen-bond donors (Lipinski definition) is 1. The van der Waals surface area contributed by atoms with E-state index >= 15 is 0 Å². The van der Waals surface area contributed by atoms with Gasteiger partial charge in [-0.05, 0) is 73.8 Å². The molecule has 1 atom stereocenters. The van der Waals surface area contributed by atoms with Gasteiger partial charge < -0.3 is 5.11 Å². The van der Waals surface area contributed by atoms with Gasteiger partial charge in [-0.15, -0.1) is 0 Å². The smallest absolute Gasteiger partial charge is 0.0654 e. The molecule has 110 valence electrons. The third kappa shape index (κ3) is 2.93. The molecule has 1 saturated carbocycles. The summed E-state index contributed by atoms with van der Waals surface area (Å²) in [4.78, 5) is 0. The molecule has 1 heteroatoms. The summed E-state index contributed by atoms with van der Waals surface area (Å²) in [5, 5.41) is 11.0. The van der Waals surface area contributed by atoms with Crippen molar-refractivity contribution >= 4 is 0 Å². The summed E-state index contributed by atoms with van der Waals surface area (Å²) in [6.45, 7) is 4.67. The third-order valence-electron chi connectivity index (χ3n) is 5.65. The molecule has 1 aromatic rings. The van der Waals surface area contributed by atoms with Crippen LogP contribution in [-0.2, 0) is 6.42 Å². The number of benzene rings is 1. The first kappa shape index (κ1) is 14.1. The fourth-order valence-electron chi connectivity index (χ4n) is 4.12. The maximum absolute atomic E-state index is 11.0. The molecule has 1 N–H and O–H groups in total. The molecule has 1 unspecified atom stereocenters. The van der Waals surface area contributed by atoms with E-state index in [0.717, 1.165) is 32.1 Å². The Bertz CT molecular complexity index is 464. The maximum Gasteiger partial charge on any atom is 0.0654 e. The van der Waals surface area contributed by atoms with Crippen LogP contribution in [0.3, 0.4) is 0 Å². The number of hydrogen-bond acceptors (Lipinski definition) is 1. The Balaban J connectivity index is 1.73. The Kier molecular flexibility index (Phi) is 3.66. The van der Waals surface area contributed by atoms with E-state index in [-0.39, 0.29) is 0 Å². The average molecular weight is 272 g/mol. The molecule has 0 spiro atoms. The van der Waals surface area contributed by atoms with Crippen molar-refractivity contribution in [2.75, 3.05) is 0 Å². The van der Waals surface area contributed by atoms with E-state index in [1.165, 1.54) is 30.4 Å². The molecule has 0 amide bonds. The lowest BCUT2D eigenvalue weighted by Gasteiger charge is -2.42. The van der Waals surface area contributed by atoms with E-state index < -0.39 is 5.60 Å². The van der Waals surface area contributed by atoms with Crippen LogP contribution in [0.1, 0.15) is 75.8 Å². The molecule has 0 radical (unpaired) electrons. The predicted molar refractivity (Wildman–Crippen MR) is 83.9 cm³/mol. The third-order valence-corrected chi connectivity index (χ3v) is 5.65. The summed E-state index contributed by atoms with van der Waals surface area (Å²) in [5.41, 5.74) is 3.04. The molecule has 1 nitrogen and oxygen atoms in total. The van der Waals surface area contributed by atoms with Crippen LogP contribution in [0.4, 0.5) is 0 Å². The van der Waals surface area contributed by atoms with E-state index in [9.17, 15) is 5.11 Å². The molecule has 3 rings (SSSR count). The van der Waals surface area contributed by atoms with Crippen molar-refractivity contribution in [2.45, 2.75) is 76.7 Å². The van der Waals surface area contributed by atoms with Crippen LogP contribution in [0.5, 0.6) is 0 Å². The summed E-state index contributed by atoms with van der Waals surface area (Å²) in [6, 6.07) is 8.87. The quantitative estimate of drug-likeness (QED) is 0.817. The molecule has 1 aromatic carbocycles. The highest BCUT2D eigenvalue weighted by Gasteiger charge is 2.39. The van der Waals surface area contributed by atoms with Gasteiger partial charge in [0.25, 0.3) is 0 Å². The van der Waals surface area contributed by atoms with Crippen molar-refractivity contribution in [3.8, 4) is 0 Å². The highest BCUT2D eigenvalue weighted by molar-refractivity contribution is 5.32. The highest BCUT2D eigenvalue weighted by atomic mass is 16.3. The second-order valence-corrected chi connectivity index (χ2v) is 7.88. The van der Waals surface area contributed by atoms with Crippen LogP contribution < -0.4 is 0 Å². The predicted octanol–water partition coefficient (Wildman–Crippen LogP) is 4.83. The van der Waals surface area contributed by atoms with E-state index in [1.54, 1.807) is 0 Å². The zero-order valence-corrected chi connectivity index (χ0v) is 13.0. The zero-order chi connectivity index (χ0) is 14.2. The lowest BCUT2D eigenvalue weighted by Crippen LogP contribution is -2.38. The molecule has 1 fully saturated rings. The standard InChI is InChI=1S/C19H28O/c1-18(2)10-12-19(20,13-11-18)14-16-8-5-7-15-6-3-4-9-17(15)16/h3-4,6,9,16,20H,5,7-8,10-14H2,1-2H3. The highest BCUT2D eigenvalue weighted by Crippen LogP contribution is 2.46. The first-order chi connectivity index (χ1) is 9.48. The number of fused-ring (bicyclic) bond motifs is 1. The van der Waals surface area contributed by atoms with Crippen LogP contribution in [0.25, 0.3) is 0 Å². The van der Waals surface area contributed by atoms with E-state index in [2.05, 4.69) is 38.1 Å². The second-order valence-electron chi connectivity index (χ2n) is 7.88. The zero-order valence-electron chi connectivity index (χ0n) is 13.0. The van der Waals surface area contributed by atoms with Crippen molar-refractivity contribution < 1.29 is 5.11 Å². The molecular formula is C19H28O. The fraction of sp³-hybridized carbons (Fsp3) is 0.684. The minimum atomic E-state index is -0.412.